The van der Waals surface area contributed by atoms with Gasteiger partial charge in [-0.3, -0.25) is 24.3 Å². The minimum Gasteiger partial charge on any atom is -0.284 e. The number of nitrogens with zero attached hydrogens (tertiary/aromatic N) is 3. The number of carbonyl (C=O) groups is 1. The van der Waals surface area contributed by atoms with Crippen molar-refractivity contribution in [2.24, 2.45) is 5.10 Å². The number of thiazole rings is 1. The molecule has 1 aromatic heterocycles. The average Bonchev–Trinajstić information content (AvgIpc) is 2.97. The zero-order chi connectivity index (χ0) is 21.0. The summed E-state index contributed by atoms with van der Waals surface area (Å²) >= 11 is 10.5. The fourth-order valence-electron chi connectivity index (χ4n) is 2.37. The first-order chi connectivity index (χ1) is 13.8. The number of aromatic nitrogens is 1. The summed E-state index contributed by atoms with van der Waals surface area (Å²) in [5.74, 6) is -0.622. The van der Waals surface area contributed by atoms with Crippen LogP contribution in [0, 0.1) is 10.1 Å². The molecule has 11 heteroatoms. The second-order valence-electron chi connectivity index (χ2n) is 5.74. The Morgan fingerprint density at radius 2 is 2.03 bits per heavy atom. The number of halogens is 2. The first-order valence-electron chi connectivity index (χ1n) is 8.06. The summed E-state index contributed by atoms with van der Waals surface area (Å²) in [5, 5.41) is 14.8. The lowest BCUT2D eigenvalue weighted by Gasteiger charge is -2.04. The Morgan fingerprint density at radius 3 is 2.72 bits per heavy atom. The maximum absolute atomic E-state index is 12.2. The highest BCUT2D eigenvalue weighted by Crippen LogP contribution is 2.19. The minimum atomic E-state index is -0.622. The van der Waals surface area contributed by atoms with Gasteiger partial charge >= 0.3 is 4.87 Å². The SMILES string of the molecule is O=C(NN=Cc1sc(=O)n(Cc2ccc(Br)cc2)c1Cl)c1cccc([N+](=O)[O-])c1. The number of nitrogens with one attached hydrogen (secondary N) is 1. The number of nitro benzene ring substituents is 1. The molecule has 0 spiro atoms. The molecule has 1 N–H and O–H groups in total. The Morgan fingerprint density at radius 1 is 1.31 bits per heavy atom. The summed E-state index contributed by atoms with van der Waals surface area (Å²) in [5.41, 5.74) is 3.05. The molecule has 2 aromatic carbocycles. The molecule has 1 heterocycles. The number of amides is 1. The molecule has 0 atom stereocenters. The van der Waals surface area contributed by atoms with Crippen LogP contribution in [0.3, 0.4) is 0 Å². The van der Waals surface area contributed by atoms with Crippen molar-refractivity contribution in [3.05, 3.63) is 93.9 Å². The number of hydrazone groups is 1. The monoisotopic (exact) mass is 494 g/mol. The number of benzene rings is 2. The van der Waals surface area contributed by atoms with Crippen LogP contribution in [-0.4, -0.2) is 21.6 Å². The number of nitro groups is 1. The summed E-state index contributed by atoms with van der Waals surface area (Å²) in [4.78, 5) is 34.6. The van der Waals surface area contributed by atoms with Crippen LogP contribution in [0.5, 0.6) is 0 Å². The van der Waals surface area contributed by atoms with Gasteiger partial charge in [0.2, 0.25) is 0 Å². The highest BCUT2D eigenvalue weighted by atomic mass is 79.9. The molecule has 0 bridgehead atoms. The van der Waals surface area contributed by atoms with Crippen LogP contribution < -0.4 is 10.3 Å². The number of carbonyl (C=O) groups excluding carboxylic acids is 1. The first-order valence-corrected chi connectivity index (χ1v) is 10.1. The average molecular weight is 496 g/mol. The van der Waals surface area contributed by atoms with E-state index in [4.69, 9.17) is 11.6 Å². The van der Waals surface area contributed by atoms with Gasteiger partial charge in [0, 0.05) is 22.2 Å². The van der Waals surface area contributed by atoms with E-state index in [-0.39, 0.29) is 21.3 Å². The second kappa shape index (κ2) is 9.12. The van der Waals surface area contributed by atoms with Gasteiger partial charge in [0.25, 0.3) is 11.6 Å². The van der Waals surface area contributed by atoms with Gasteiger partial charge in [-0.2, -0.15) is 5.10 Å². The van der Waals surface area contributed by atoms with Crippen molar-refractivity contribution in [1.29, 1.82) is 0 Å². The standard InChI is InChI=1S/C18H12BrClN4O4S/c19-13-6-4-11(5-7-13)10-23-16(20)15(29-18(23)26)9-21-22-17(25)12-2-1-3-14(8-12)24(27)28/h1-9H,10H2,(H,22,25). The van der Waals surface area contributed by atoms with E-state index in [2.05, 4.69) is 26.5 Å². The van der Waals surface area contributed by atoms with E-state index in [9.17, 15) is 19.7 Å². The van der Waals surface area contributed by atoms with Crippen LogP contribution in [0.4, 0.5) is 5.69 Å². The Kier molecular flexibility index (Phi) is 6.57. The van der Waals surface area contributed by atoms with Crippen LogP contribution in [-0.2, 0) is 6.54 Å². The van der Waals surface area contributed by atoms with E-state index >= 15 is 0 Å². The largest absolute Gasteiger partial charge is 0.309 e. The van der Waals surface area contributed by atoms with Gasteiger partial charge in [0.05, 0.1) is 22.6 Å². The van der Waals surface area contributed by atoms with E-state index in [1.54, 1.807) is 0 Å². The molecular weight excluding hydrogens is 484 g/mol. The molecule has 0 aliphatic rings. The molecule has 0 fully saturated rings. The van der Waals surface area contributed by atoms with Crippen molar-refractivity contribution in [2.45, 2.75) is 6.54 Å². The molecule has 0 aliphatic heterocycles. The highest BCUT2D eigenvalue weighted by Gasteiger charge is 2.13. The second-order valence-corrected chi connectivity index (χ2v) is 8.01. The van der Waals surface area contributed by atoms with Gasteiger partial charge in [-0.25, -0.2) is 5.43 Å². The molecule has 29 heavy (non-hydrogen) atoms. The summed E-state index contributed by atoms with van der Waals surface area (Å²) < 4.78 is 2.33. The zero-order valence-electron chi connectivity index (χ0n) is 14.5. The molecular formula is C18H12BrClN4O4S. The normalized spacial score (nSPS) is 11.0. The Bertz CT molecular complexity index is 1160. The predicted molar refractivity (Wildman–Crippen MR) is 115 cm³/mol. The van der Waals surface area contributed by atoms with Crippen LogP contribution in [0.1, 0.15) is 20.8 Å². The Balaban J connectivity index is 1.72. The molecule has 0 radical (unpaired) electrons. The van der Waals surface area contributed by atoms with Crippen LogP contribution >= 0.6 is 38.9 Å². The van der Waals surface area contributed by atoms with E-state index in [1.807, 2.05) is 24.3 Å². The number of hydrogen-bond donors (Lipinski definition) is 1. The third-order valence-electron chi connectivity index (χ3n) is 3.78. The lowest BCUT2D eigenvalue weighted by molar-refractivity contribution is -0.384. The predicted octanol–water partition coefficient (Wildman–Crippen LogP) is 4.05. The minimum absolute atomic E-state index is 0.0865. The number of non-ortho nitro benzene ring substituents is 1. The van der Waals surface area contributed by atoms with Gasteiger partial charge in [-0.15, -0.1) is 0 Å². The third kappa shape index (κ3) is 5.17. The molecule has 0 unspecified atom stereocenters. The van der Waals surface area contributed by atoms with Crippen molar-refractivity contribution < 1.29 is 9.72 Å². The lowest BCUT2D eigenvalue weighted by Crippen LogP contribution is -2.17. The molecule has 0 saturated carbocycles. The molecule has 8 nitrogen and oxygen atoms in total. The molecule has 3 aromatic rings. The lowest BCUT2D eigenvalue weighted by atomic mass is 10.2. The van der Waals surface area contributed by atoms with Crippen molar-refractivity contribution in [3.63, 3.8) is 0 Å². The molecule has 148 valence electrons. The summed E-state index contributed by atoms with van der Waals surface area (Å²) in [6.45, 7) is 0.301. The number of hydrogen-bond acceptors (Lipinski definition) is 6. The number of rotatable bonds is 6. The summed E-state index contributed by atoms with van der Waals surface area (Å²) in [6, 6.07) is 12.7. The van der Waals surface area contributed by atoms with Gasteiger partial charge in [0.15, 0.2) is 0 Å². The van der Waals surface area contributed by atoms with E-state index in [0.717, 1.165) is 27.4 Å². The maximum atomic E-state index is 12.2. The van der Waals surface area contributed by atoms with E-state index in [1.165, 1.54) is 29.0 Å². The first kappa shape index (κ1) is 20.9. The van der Waals surface area contributed by atoms with Crippen molar-refractivity contribution in [2.75, 3.05) is 0 Å². The van der Waals surface area contributed by atoms with Crippen LogP contribution in [0.2, 0.25) is 5.15 Å². The van der Waals surface area contributed by atoms with Gasteiger partial charge < -0.3 is 0 Å². The van der Waals surface area contributed by atoms with Crippen LogP contribution in [0.15, 0.2) is 62.9 Å². The smallest absolute Gasteiger partial charge is 0.284 e. The Labute approximate surface area is 181 Å². The van der Waals surface area contributed by atoms with Crippen molar-refractivity contribution in [3.8, 4) is 0 Å². The highest BCUT2D eigenvalue weighted by molar-refractivity contribution is 9.10. The quantitative estimate of drug-likeness (QED) is 0.316. The molecule has 0 saturated heterocycles. The molecule has 3 rings (SSSR count). The maximum Gasteiger partial charge on any atom is 0.309 e. The fourth-order valence-corrected chi connectivity index (χ4v) is 3.73. The third-order valence-corrected chi connectivity index (χ3v) is 5.74. The molecule has 0 aliphatic carbocycles. The van der Waals surface area contributed by atoms with Gasteiger partial charge in [-0.1, -0.05) is 57.1 Å². The van der Waals surface area contributed by atoms with Gasteiger partial charge in [0.1, 0.15) is 5.15 Å². The summed E-state index contributed by atoms with van der Waals surface area (Å²) in [7, 11) is 0. The van der Waals surface area contributed by atoms with E-state index in [0.29, 0.717) is 11.4 Å². The van der Waals surface area contributed by atoms with Gasteiger partial charge in [-0.05, 0) is 23.8 Å². The van der Waals surface area contributed by atoms with E-state index < -0.39 is 10.8 Å². The zero-order valence-corrected chi connectivity index (χ0v) is 17.7. The Hall–Kier alpha value is -2.82. The topological polar surface area (TPSA) is 107 Å². The van der Waals surface area contributed by atoms with Crippen molar-refractivity contribution >= 4 is 56.7 Å². The van der Waals surface area contributed by atoms with Crippen molar-refractivity contribution in [1.82, 2.24) is 9.99 Å². The van der Waals surface area contributed by atoms with Crippen LogP contribution in [0.25, 0.3) is 0 Å². The fraction of sp³-hybridized carbons (Fsp3) is 0.0556. The molecule has 1 amide bonds. The summed E-state index contributed by atoms with van der Waals surface area (Å²) in [6.07, 6.45) is 1.27.